The van der Waals surface area contributed by atoms with E-state index in [4.69, 9.17) is 16.3 Å². The molecule has 1 aromatic carbocycles. The van der Waals surface area contributed by atoms with Crippen molar-refractivity contribution in [2.75, 3.05) is 31.2 Å². The smallest absolute Gasteiger partial charge is 0.112 e. The van der Waals surface area contributed by atoms with Crippen LogP contribution in [0, 0.1) is 11.8 Å². The van der Waals surface area contributed by atoms with Crippen molar-refractivity contribution in [3.63, 3.8) is 0 Å². The van der Waals surface area contributed by atoms with Gasteiger partial charge in [-0.25, -0.2) is 0 Å². The fourth-order valence-electron chi connectivity index (χ4n) is 1.80. The zero-order valence-corrected chi connectivity index (χ0v) is 9.83. The Kier molecular flexibility index (Phi) is 3.41. The molecule has 1 aliphatic heterocycles. The van der Waals surface area contributed by atoms with Crippen molar-refractivity contribution < 1.29 is 4.74 Å². The van der Waals surface area contributed by atoms with Crippen LogP contribution in [0.2, 0.25) is 5.02 Å². The van der Waals surface area contributed by atoms with Gasteiger partial charge in [0.15, 0.2) is 0 Å². The van der Waals surface area contributed by atoms with Crippen molar-refractivity contribution >= 4 is 23.0 Å². The van der Waals surface area contributed by atoms with Gasteiger partial charge in [0.1, 0.15) is 5.69 Å². The Bertz CT molecular complexity index is 403. The normalized spacial score (nSPS) is 16.2. The number of anilines is 1. The highest BCUT2D eigenvalue weighted by atomic mass is 35.5. The Morgan fingerprint density at radius 1 is 1.38 bits per heavy atom. The number of nitrogens with zero attached hydrogens (tertiary/aromatic N) is 2. The van der Waals surface area contributed by atoms with Crippen LogP contribution >= 0.6 is 11.6 Å². The fraction of sp³-hybridized carbons (Fsp3) is 0.455. The lowest BCUT2D eigenvalue weighted by molar-refractivity contribution is 0.122. The molecule has 0 bridgehead atoms. The van der Waals surface area contributed by atoms with E-state index in [1.165, 1.54) is 0 Å². The van der Waals surface area contributed by atoms with Gasteiger partial charge in [-0.05, 0) is 29.8 Å². The Morgan fingerprint density at radius 3 is 2.69 bits per heavy atom. The van der Waals surface area contributed by atoms with Gasteiger partial charge in [0.05, 0.1) is 23.9 Å². The second-order valence-electron chi connectivity index (χ2n) is 3.78. The van der Waals surface area contributed by atoms with Crippen LogP contribution in [0.5, 0.6) is 0 Å². The molecule has 1 aliphatic rings. The van der Waals surface area contributed by atoms with Crippen LogP contribution < -0.4 is 4.90 Å². The van der Waals surface area contributed by atoms with E-state index in [-0.39, 0.29) is 0 Å². The van der Waals surface area contributed by atoms with E-state index in [1.807, 2.05) is 13.0 Å². The summed E-state index contributed by atoms with van der Waals surface area (Å²) in [4.78, 5) is 12.7. The molecule has 1 aromatic rings. The Morgan fingerprint density at radius 2 is 2.06 bits per heavy atom. The molecule has 0 N–H and O–H groups in total. The van der Waals surface area contributed by atoms with Gasteiger partial charge >= 0.3 is 0 Å². The van der Waals surface area contributed by atoms with Crippen LogP contribution in [0.3, 0.4) is 0 Å². The molecule has 2 rings (SSSR count). The first-order chi connectivity index (χ1) is 7.72. The lowest BCUT2D eigenvalue weighted by Crippen LogP contribution is -2.36. The van der Waals surface area contributed by atoms with Crippen LogP contribution in [0.1, 0.15) is 5.56 Å². The number of benzene rings is 1. The van der Waals surface area contributed by atoms with Crippen molar-refractivity contribution in [3.8, 4) is 0 Å². The average Bonchev–Trinajstić information content (AvgIpc) is 2.32. The summed E-state index contributed by atoms with van der Waals surface area (Å²) in [6, 6.07) is 3.53. The van der Waals surface area contributed by atoms with E-state index >= 15 is 0 Å². The molecule has 0 spiro atoms. The van der Waals surface area contributed by atoms with Crippen molar-refractivity contribution in [3.05, 3.63) is 27.6 Å². The molecule has 0 aromatic heterocycles. The average molecular weight is 241 g/mol. The maximum absolute atomic E-state index is 10.5. The maximum atomic E-state index is 10.5. The molecule has 0 aliphatic carbocycles. The minimum absolute atomic E-state index is 0.405. The van der Waals surface area contributed by atoms with Gasteiger partial charge in [-0.15, -0.1) is 4.91 Å². The zero-order valence-electron chi connectivity index (χ0n) is 9.07. The van der Waals surface area contributed by atoms with Gasteiger partial charge < -0.3 is 9.64 Å². The third kappa shape index (κ3) is 2.18. The minimum atomic E-state index is 0.405. The topological polar surface area (TPSA) is 41.9 Å². The highest BCUT2D eigenvalue weighted by molar-refractivity contribution is 6.33. The first-order valence-corrected chi connectivity index (χ1v) is 5.56. The largest absolute Gasteiger partial charge is 0.378 e. The number of hydrogen-bond donors (Lipinski definition) is 0. The zero-order chi connectivity index (χ0) is 11.5. The molecule has 5 heteroatoms. The van der Waals surface area contributed by atoms with Crippen molar-refractivity contribution in [1.29, 1.82) is 0 Å². The highest BCUT2D eigenvalue weighted by Gasteiger charge is 2.15. The molecular formula is C11H13ClN2O2. The molecule has 0 saturated carbocycles. The Balaban J connectivity index is 2.33. The van der Waals surface area contributed by atoms with E-state index in [0.717, 1.165) is 24.3 Å². The van der Waals surface area contributed by atoms with Gasteiger partial charge in [0.2, 0.25) is 0 Å². The van der Waals surface area contributed by atoms with Gasteiger partial charge in [0.25, 0.3) is 0 Å². The second-order valence-corrected chi connectivity index (χ2v) is 4.19. The molecule has 0 radical (unpaired) electrons. The van der Waals surface area contributed by atoms with Gasteiger partial charge in [-0.1, -0.05) is 11.6 Å². The van der Waals surface area contributed by atoms with E-state index in [9.17, 15) is 4.91 Å². The molecule has 4 nitrogen and oxygen atoms in total. The predicted molar refractivity (Wildman–Crippen MR) is 64.7 cm³/mol. The number of ether oxygens (including phenoxy) is 1. The second kappa shape index (κ2) is 4.80. The summed E-state index contributed by atoms with van der Waals surface area (Å²) in [6.07, 6.45) is 0. The Labute approximate surface area is 99.1 Å². The van der Waals surface area contributed by atoms with Gasteiger partial charge in [-0.3, -0.25) is 0 Å². The highest BCUT2D eigenvalue weighted by Crippen LogP contribution is 2.33. The van der Waals surface area contributed by atoms with Gasteiger partial charge in [-0.2, -0.15) is 0 Å². The van der Waals surface area contributed by atoms with E-state index in [0.29, 0.717) is 23.9 Å². The molecule has 86 valence electrons. The standard InChI is InChI=1S/C11H13ClN2O2/c1-8-6-11(9(12)7-10(8)13-15)14-2-4-16-5-3-14/h6-7H,2-5H2,1H3. The van der Waals surface area contributed by atoms with Crippen LogP contribution in [0.25, 0.3) is 0 Å². The van der Waals surface area contributed by atoms with Crippen LogP contribution in [0.15, 0.2) is 17.3 Å². The van der Waals surface area contributed by atoms with Crippen molar-refractivity contribution in [1.82, 2.24) is 0 Å². The lowest BCUT2D eigenvalue weighted by atomic mass is 10.1. The van der Waals surface area contributed by atoms with Crippen LogP contribution in [-0.2, 0) is 4.74 Å². The number of aryl methyl sites for hydroxylation is 1. The summed E-state index contributed by atoms with van der Waals surface area (Å²) in [5.41, 5.74) is 2.21. The SMILES string of the molecule is Cc1cc(N2CCOCC2)c(Cl)cc1N=O. The van der Waals surface area contributed by atoms with E-state index in [2.05, 4.69) is 10.1 Å². The molecule has 1 saturated heterocycles. The summed E-state index contributed by atoms with van der Waals surface area (Å²) in [5, 5.41) is 3.51. The first kappa shape index (κ1) is 11.4. The monoisotopic (exact) mass is 240 g/mol. The molecule has 0 unspecified atom stereocenters. The molecule has 0 atom stereocenters. The first-order valence-electron chi connectivity index (χ1n) is 5.18. The van der Waals surface area contributed by atoms with Gasteiger partial charge in [0, 0.05) is 13.1 Å². The predicted octanol–water partition coefficient (Wildman–Crippen LogP) is 2.88. The summed E-state index contributed by atoms with van der Waals surface area (Å²) >= 11 is 6.13. The van der Waals surface area contributed by atoms with Crippen molar-refractivity contribution in [2.24, 2.45) is 5.18 Å². The summed E-state index contributed by atoms with van der Waals surface area (Å²) in [5.74, 6) is 0. The molecular weight excluding hydrogens is 228 g/mol. The summed E-state index contributed by atoms with van der Waals surface area (Å²) < 4.78 is 5.28. The van der Waals surface area contributed by atoms with Crippen molar-refractivity contribution in [2.45, 2.75) is 6.92 Å². The molecule has 1 heterocycles. The third-order valence-corrected chi connectivity index (χ3v) is 3.02. The lowest BCUT2D eigenvalue weighted by Gasteiger charge is -2.29. The number of rotatable bonds is 2. The van der Waals surface area contributed by atoms with Crippen LogP contribution in [0.4, 0.5) is 11.4 Å². The quantitative estimate of drug-likeness (QED) is 0.747. The molecule has 1 fully saturated rings. The van der Waals surface area contributed by atoms with Crippen LogP contribution in [-0.4, -0.2) is 26.3 Å². The Hall–Kier alpha value is -1.13. The maximum Gasteiger partial charge on any atom is 0.112 e. The number of halogens is 1. The minimum Gasteiger partial charge on any atom is -0.378 e. The fourth-order valence-corrected chi connectivity index (χ4v) is 2.08. The third-order valence-electron chi connectivity index (χ3n) is 2.72. The summed E-state index contributed by atoms with van der Waals surface area (Å²) in [7, 11) is 0. The summed E-state index contributed by atoms with van der Waals surface area (Å²) in [6.45, 7) is 4.93. The molecule has 16 heavy (non-hydrogen) atoms. The number of nitroso groups, excluding NO2 is 1. The number of hydrogen-bond acceptors (Lipinski definition) is 4. The molecule has 0 amide bonds. The number of morpholine rings is 1. The van der Waals surface area contributed by atoms with E-state index in [1.54, 1.807) is 6.07 Å². The van der Waals surface area contributed by atoms with E-state index < -0.39 is 0 Å².